The summed E-state index contributed by atoms with van der Waals surface area (Å²) in [7, 11) is -2.94. The minimum atomic E-state index is -2.94. The van der Waals surface area contributed by atoms with Crippen molar-refractivity contribution in [1.82, 2.24) is 0 Å². The minimum absolute atomic E-state index is 0.335. The van der Waals surface area contributed by atoms with Crippen LogP contribution >= 0.6 is 11.6 Å². The van der Waals surface area contributed by atoms with E-state index in [-0.39, 0.29) is 0 Å². The van der Waals surface area contributed by atoms with Gasteiger partial charge in [-0.2, -0.15) is 0 Å². The number of hydrogen-bond donors (Lipinski definition) is 0. The van der Waals surface area contributed by atoms with E-state index in [9.17, 15) is 0 Å². The number of anilines is 6. The van der Waals surface area contributed by atoms with Crippen molar-refractivity contribution < 1.29 is 0 Å². The van der Waals surface area contributed by atoms with Crippen LogP contribution in [0.15, 0.2) is 176 Å². The van der Waals surface area contributed by atoms with Crippen molar-refractivity contribution >= 4 is 74.5 Å². The molecule has 2 nitrogen and oxygen atoms in total. The Labute approximate surface area is 397 Å². The zero-order valence-corrected chi connectivity index (χ0v) is 39.7. The summed E-state index contributed by atoms with van der Waals surface area (Å²) >= 11 is 8.01. The zero-order chi connectivity index (χ0) is 43.6. The maximum atomic E-state index is 8.01. The topological polar surface area (TPSA) is 6.48 Å². The first-order valence-electron chi connectivity index (χ1n) is 25.4. The van der Waals surface area contributed by atoms with Crippen LogP contribution in [0.5, 0.6) is 0 Å². The van der Waals surface area contributed by atoms with E-state index in [1.54, 1.807) is 11.1 Å². The largest absolute Gasteiger partial charge is 0.309 e. The van der Waals surface area contributed by atoms with Gasteiger partial charge >= 0.3 is 0 Å². The summed E-state index contributed by atoms with van der Waals surface area (Å²) in [5.41, 5.74) is 10.3. The lowest BCUT2D eigenvalue weighted by atomic mass is 9.48. The number of hydrogen-bond acceptors (Lipinski definition) is 2. The fourth-order valence-electron chi connectivity index (χ4n) is 16.7. The molecule has 8 saturated carbocycles. The number of benzene rings is 7. The number of rotatable bonds is 6. The SMILES string of the molecule is Clc1c2cccc1N(c1ccc(C34CC5CC(CC(C5)C3)C4)cc1)c1cccc(c1)[Si](c1ccccc1)(c1ccccc1)c1cccc(c1)N2c1ccc(C23CC4CC(CC(C4)C2)C3)cc1. The Balaban J connectivity index is 0.979. The number of halogens is 1. The molecule has 14 bridgehead atoms. The molecule has 9 aliphatic rings. The Morgan fingerprint density at radius 3 is 1.05 bits per heavy atom. The lowest BCUT2D eigenvalue weighted by Crippen LogP contribution is -2.74. The predicted octanol–water partition coefficient (Wildman–Crippen LogP) is 13.9. The summed E-state index contributed by atoms with van der Waals surface area (Å²) in [4.78, 5) is 4.91. The van der Waals surface area contributed by atoms with E-state index in [0.29, 0.717) is 10.8 Å². The van der Waals surface area contributed by atoms with Crippen LogP contribution in [0, 0.1) is 35.5 Å². The molecule has 7 aromatic rings. The highest BCUT2D eigenvalue weighted by atomic mass is 35.5. The van der Waals surface area contributed by atoms with Crippen LogP contribution in [-0.2, 0) is 10.8 Å². The summed E-state index contributed by atoms with van der Waals surface area (Å²) in [6.07, 6.45) is 16.9. The third-order valence-electron chi connectivity index (χ3n) is 18.5. The number of nitrogens with zero attached hydrogens (tertiary/aromatic N) is 2. The lowest BCUT2D eigenvalue weighted by Gasteiger charge is -2.57. The molecule has 1 heterocycles. The minimum Gasteiger partial charge on any atom is -0.309 e. The van der Waals surface area contributed by atoms with Crippen LogP contribution in [0.25, 0.3) is 0 Å². The summed E-state index contributed by atoms with van der Waals surface area (Å²) in [5, 5.41) is 6.20. The molecule has 0 atom stereocenters. The zero-order valence-electron chi connectivity index (χ0n) is 38.0. The van der Waals surface area contributed by atoms with E-state index >= 15 is 0 Å². The molecule has 0 unspecified atom stereocenters. The van der Waals surface area contributed by atoms with Gasteiger partial charge in [-0.15, -0.1) is 0 Å². The Kier molecular flexibility index (Phi) is 9.09. The molecule has 0 amide bonds. The van der Waals surface area contributed by atoms with Crippen LogP contribution in [0.1, 0.15) is 88.2 Å². The third kappa shape index (κ3) is 6.11. The van der Waals surface area contributed by atoms with Gasteiger partial charge in [-0.05, 0) is 216 Å². The van der Waals surface area contributed by atoms with E-state index in [1.165, 1.54) is 97.8 Å². The Hall–Kier alpha value is -5.35. The molecule has 4 heteroatoms. The Bertz CT molecular complexity index is 2690. The average Bonchev–Trinajstić information content (AvgIpc) is 3.33. The molecule has 1 aliphatic heterocycles. The molecular formula is C62H59ClN2Si. The molecule has 0 spiro atoms. The quantitative estimate of drug-likeness (QED) is 0.153. The van der Waals surface area contributed by atoms with Crippen molar-refractivity contribution in [2.24, 2.45) is 35.5 Å². The van der Waals surface area contributed by atoms with Gasteiger partial charge in [0, 0.05) is 22.7 Å². The van der Waals surface area contributed by atoms with E-state index in [1.807, 2.05) is 0 Å². The van der Waals surface area contributed by atoms with Gasteiger partial charge in [0.05, 0.1) is 16.4 Å². The molecule has 0 N–H and O–H groups in total. The first-order chi connectivity index (χ1) is 32.4. The van der Waals surface area contributed by atoms with E-state index < -0.39 is 8.07 Å². The van der Waals surface area contributed by atoms with Crippen LogP contribution in [0.4, 0.5) is 34.1 Å². The number of fused-ring (bicyclic) bond motifs is 6. The first-order valence-corrected chi connectivity index (χ1v) is 27.7. The van der Waals surface area contributed by atoms with Gasteiger partial charge in [-0.25, -0.2) is 0 Å². The van der Waals surface area contributed by atoms with E-state index in [4.69, 9.17) is 11.6 Å². The summed E-state index contributed by atoms with van der Waals surface area (Å²) < 4.78 is 0. The normalized spacial score (nSPS) is 29.7. The molecule has 0 saturated heterocycles. The van der Waals surface area contributed by atoms with Gasteiger partial charge in [0.25, 0.3) is 0 Å². The van der Waals surface area contributed by atoms with Crippen molar-refractivity contribution in [3.05, 3.63) is 192 Å². The molecule has 328 valence electrons. The molecule has 16 rings (SSSR count). The van der Waals surface area contributed by atoms with Crippen molar-refractivity contribution in [3.8, 4) is 0 Å². The van der Waals surface area contributed by atoms with Gasteiger partial charge in [-0.3, -0.25) is 0 Å². The van der Waals surface area contributed by atoms with Gasteiger partial charge in [-0.1, -0.05) is 127 Å². The lowest BCUT2D eigenvalue weighted by molar-refractivity contribution is -0.00530. The Morgan fingerprint density at radius 1 is 0.348 bits per heavy atom. The molecular weight excluding hydrogens is 836 g/mol. The van der Waals surface area contributed by atoms with Crippen molar-refractivity contribution in [2.75, 3.05) is 9.80 Å². The highest BCUT2D eigenvalue weighted by Crippen LogP contribution is 2.62. The van der Waals surface area contributed by atoms with Crippen molar-refractivity contribution in [1.29, 1.82) is 0 Å². The fourth-order valence-corrected chi connectivity index (χ4v) is 21.8. The first kappa shape index (κ1) is 39.8. The molecule has 8 aliphatic carbocycles. The standard InChI is InChI=1S/C62H59ClN2Si/c63-60-58-18-9-19-59(60)65(51-26-22-49(23-27-51)62-39-45-31-46(40-62)33-47(32-45)41-62)53-11-8-17-57(35-53)66(54-12-3-1-4-13-54,55-14-5-2-6-15-55)56-16-7-10-52(34-56)64(58)50-24-20-48(21-25-50)61-36-42-28-43(37-61)30-44(29-42)38-61/h1-27,34-35,42-47H,28-33,36-41H2. The van der Waals surface area contributed by atoms with Crippen LogP contribution in [-0.4, -0.2) is 8.07 Å². The van der Waals surface area contributed by atoms with Crippen LogP contribution < -0.4 is 30.5 Å². The van der Waals surface area contributed by atoms with Gasteiger partial charge in [0.2, 0.25) is 0 Å². The molecule has 66 heavy (non-hydrogen) atoms. The molecule has 0 radical (unpaired) electrons. The molecule has 0 aromatic heterocycles. The van der Waals surface area contributed by atoms with Crippen molar-refractivity contribution in [3.63, 3.8) is 0 Å². The van der Waals surface area contributed by atoms with Gasteiger partial charge < -0.3 is 9.80 Å². The predicted molar refractivity (Wildman–Crippen MR) is 278 cm³/mol. The highest BCUT2D eigenvalue weighted by Gasteiger charge is 2.53. The van der Waals surface area contributed by atoms with E-state index in [0.717, 1.165) is 74.7 Å². The highest BCUT2D eigenvalue weighted by molar-refractivity contribution is 7.20. The maximum Gasteiger partial charge on any atom is 0.179 e. The van der Waals surface area contributed by atoms with E-state index in [2.05, 4.69) is 186 Å². The van der Waals surface area contributed by atoms with Gasteiger partial charge in [0.15, 0.2) is 8.07 Å². The van der Waals surface area contributed by atoms with Crippen LogP contribution in [0.3, 0.4) is 0 Å². The second-order valence-corrected chi connectivity index (χ2v) is 26.5. The monoisotopic (exact) mass is 894 g/mol. The summed E-state index contributed by atoms with van der Waals surface area (Å²) in [5.74, 6) is 5.44. The van der Waals surface area contributed by atoms with Gasteiger partial charge in [0.1, 0.15) is 0 Å². The maximum absolute atomic E-state index is 8.01. The Morgan fingerprint density at radius 2 is 0.682 bits per heavy atom. The summed E-state index contributed by atoms with van der Waals surface area (Å²) in [6.45, 7) is 0. The second kappa shape index (κ2) is 15.1. The fraction of sp³-hybridized carbons (Fsp3) is 0.323. The third-order valence-corrected chi connectivity index (χ3v) is 23.6. The molecule has 8 fully saturated rings. The molecule has 7 aromatic carbocycles. The summed E-state index contributed by atoms with van der Waals surface area (Å²) in [6, 6.07) is 68.1. The average molecular weight is 896 g/mol. The smallest absolute Gasteiger partial charge is 0.179 e. The second-order valence-electron chi connectivity index (χ2n) is 22.4. The van der Waals surface area contributed by atoms with Crippen LogP contribution in [0.2, 0.25) is 5.02 Å². The van der Waals surface area contributed by atoms with Crippen molar-refractivity contribution in [2.45, 2.75) is 87.9 Å².